The number of nitrogens with two attached hydrogens (primary N) is 1. The van der Waals surface area contributed by atoms with Gasteiger partial charge in [-0.25, -0.2) is 4.98 Å². The predicted molar refractivity (Wildman–Crippen MR) is 86.4 cm³/mol. The molecule has 1 fully saturated rings. The molecule has 2 N–H and O–H groups in total. The third-order valence-electron chi connectivity index (χ3n) is 4.18. The van der Waals surface area contributed by atoms with Crippen LogP contribution in [0, 0.1) is 5.92 Å². The summed E-state index contributed by atoms with van der Waals surface area (Å²) in [4.78, 5) is 13.7. The number of thiophene rings is 1. The molecule has 0 aliphatic carbocycles. The van der Waals surface area contributed by atoms with Gasteiger partial charge in [0, 0.05) is 17.5 Å². The van der Waals surface area contributed by atoms with Crippen LogP contribution in [0.5, 0.6) is 0 Å². The van der Waals surface area contributed by atoms with Gasteiger partial charge in [0.25, 0.3) is 0 Å². The van der Waals surface area contributed by atoms with Gasteiger partial charge in [0.2, 0.25) is 5.95 Å². The van der Waals surface area contributed by atoms with E-state index in [1.54, 1.807) is 11.3 Å². The molecule has 0 amide bonds. The number of hydrogen-bond donors (Lipinski definition) is 1. The summed E-state index contributed by atoms with van der Waals surface area (Å²) in [5.41, 5.74) is 5.92. The van der Waals surface area contributed by atoms with Crippen molar-refractivity contribution in [2.75, 3.05) is 17.2 Å². The first-order valence-corrected chi connectivity index (χ1v) is 8.22. The van der Waals surface area contributed by atoms with E-state index in [0.717, 1.165) is 23.6 Å². The molecular formula is C15H22N4S. The number of nitrogens with zero attached hydrogens (tertiary/aromatic N) is 3. The van der Waals surface area contributed by atoms with Crippen molar-refractivity contribution in [2.45, 2.75) is 46.1 Å². The minimum Gasteiger partial charge on any atom is -0.368 e. The number of fused-ring (bicyclic) bond motifs is 1. The molecule has 2 aromatic heterocycles. The number of piperidine rings is 1. The van der Waals surface area contributed by atoms with Crippen LogP contribution >= 0.6 is 11.3 Å². The molecule has 0 radical (unpaired) electrons. The Morgan fingerprint density at radius 3 is 2.90 bits per heavy atom. The normalized spacial score (nSPS) is 23.4. The van der Waals surface area contributed by atoms with Crippen LogP contribution < -0.4 is 10.6 Å². The van der Waals surface area contributed by atoms with Crippen molar-refractivity contribution in [1.29, 1.82) is 0 Å². The van der Waals surface area contributed by atoms with Crippen molar-refractivity contribution >= 4 is 33.3 Å². The summed E-state index contributed by atoms with van der Waals surface area (Å²) >= 11 is 1.73. The first kappa shape index (κ1) is 13.6. The summed E-state index contributed by atoms with van der Waals surface area (Å²) in [6.45, 7) is 7.83. The van der Waals surface area contributed by atoms with Crippen molar-refractivity contribution in [3.8, 4) is 0 Å². The lowest BCUT2D eigenvalue weighted by Crippen LogP contribution is -2.41. The third kappa shape index (κ3) is 2.35. The maximum atomic E-state index is 5.92. The van der Waals surface area contributed by atoms with Crippen molar-refractivity contribution in [1.82, 2.24) is 9.97 Å². The summed E-state index contributed by atoms with van der Waals surface area (Å²) in [7, 11) is 0. The fourth-order valence-corrected chi connectivity index (χ4v) is 3.92. The van der Waals surface area contributed by atoms with Gasteiger partial charge in [0.15, 0.2) is 0 Å². The van der Waals surface area contributed by atoms with E-state index in [0.29, 0.717) is 17.9 Å². The molecule has 0 aromatic carbocycles. The maximum absolute atomic E-state index is 5.92. The lowest BCUT2D eigenvalue weighted by Gasteiger charge is -2.38. The highest BCUT2D eigenvalue weighted by atomic mass is 32.1. The summed E-state index contributed by atoms with van der Waals surface area (Å²) < 4.78 is 0. The van der Waals surface area contributed by atoms with Crippen LogP contribution in [0.25, 0.3) is 10.2 Å². The molecule has 1 saturated heterocycles. The van der Waals surface area contributed by atoms with Crippen LogP contribution in [0.15, 0.2) is 6.07 Å². The van der Waals surface area contributed by atoms with Crippen LogP contribution in [0.2, 0.25) is 0 Å². The van der Waals surface area contributed by atoms with E-state index >= 15 is 0 Å². The molecule has 0 spiro atoms. The molecule has 1 aliphatic heterocycles. The standard InChI is InChI=1S/C15H22N4S/c1-4-11-7-12-13(17-15(16)18-14(12)20-11)19-8-9(2)5-6-10(19)3/h7,9-10H,4-6,8H2,1-3H3,(H2,16,17,18). The van der Waals surface area contributed by atoms with E-state index < -0.39 is 0 Å². The Morgan fingerprint density at radius 1 is 1.35 bits per heavy atom. The van der Waals surface area contributed by atoms with Crippen molar-refractivity contribution < 1.29 is 0 Å². The van der Waals surface area contributed by atoms with Crippen LogP contribution in [0.1, 0.15) is 38.5 Å². The second-order valence-corrected chi connectivity index (χ2v) is 6.99. The van der Waals surface area contributed by atoms with Crippen LogP contribution in [0.4, 0.5) is 11.8 Å². The zero-order valence-electron chi connectivity index (χ0n) is 12.4. The fourth-order valence-electron chi connectivity index (χ4n) is 2.95. The molecule has 108 valence electrons. The Morgan fingerprint density at radius 2 is 2.15 bits per heavy atom. The molecule has 20 heavy (non-hydrogen) atoms. The first-order chi connectivity index (χ1) is 9.58. The second-order valence-electron chi connectivity index (χ2n) is 5.87. The zero-order valence-corrected chi connectivity index (χ0v) is 13.2. The van der Waals surface area contributed by atoms with Gasteiger partial charge in [0.1, 0.15) is 10.6 Å². The van der Waals surface area contributed by atoms with E-state index in [9.17, 15) is 0 Å². The second kappa shape index (κ2) is 5.20. The van der Waals surface area contributed by atoms with Gasteiger partial charge in [-0.2, -0.15) is 4.98 Å². The first-order valence-electron chi connectivity index (χ1n) is 7.41. The Balaban J connectivity index is 2.11. The summed E-state index contributed by atoms with van der Waals surface area (Å²) in [6, 6.07) is 2.76. The number of aromatic nitrogens is 2. The van der Waals surface area contributed by atoms with E-state index in [1.807, 2.05) is 0 Å². The number of aryl methyl sites for hydroxylation is 1. The molecule has 5 heteroatoms. The lowest BCUT2D eigenvalue weighted by molar-refractivity contribution is 0.389. The lowest BCUT2D eigenvalue weighted by atomic mass is 9.95. The Hall–Kier alpha value is -1.36. The van der Waals surface area contributed by atoms with E-state index in [2.05, 4.69) is 41.7 Å². The Bertz CT molecular complexity index is 622. The summed E-state index contributed by atoms with van der Waals surface area (Å²) in [5.74, 6) is 2.13. The fraction of sp³-hybridized carbons (Fsp3) is 0.600. The van der Waals surface area contributed by atoms with Gasteiger partial charge >= 0.3 is 0 Å². The van der Waals surface area contributed by atoms with Crippen molar-refractivity contribution in [3.05, 3.63) is 10.9 Å². The monoisotopic (exact) mass is 290 g/mol. The molecule has 4 nitrogen and oxygen atoms in total. The zero-order chi connectivity index (χ0) is 14.3. The number of rotatable bonds is 2. The third-order valence-corrected chi connectivity index (χ3v) is 5.35. The Kier molecular flexibility index (Phi) is 3.54. The molecule has 3 heterocycles. The summed E-state index contributed by atoms with van der Waals surface area (Å²) in [6.07, 6.45) is 3.55. The summed E-state index contributed by atoms with van der Waals surface area (Å²) in [5, 5.41) is 1.17. The van der Waals surface area contributed by atoms with E-state index in [4.69, 9.17) is 5.73 Å². The van der Waals surface area contributed by atoms with Crippen LogP contribution in [-0.4, -0.2) is 22.6 Å². The SMILES string of the molecule is CCc1cc2c(N3CC(C)CCC3C)nc(N)nc2s1. The average Bonchev–Trinajstić information content (AvgIpc) is 2.83. The van der Waals surface area contributed by atoms with Gasteiger partial charge < -0.3 is 10.6 Å². The number of hydrogen-bond acceptors (Lipinski definition) is 5. The van der Waals surface area contributed by atoms with E-state index in [1.165, 1.54) is 23.1 Å². The van der Waals surface area contributed by atoms with Crippen molar-refractivity contribution in [2.24, 2.45) is 5.92 Å². The molecule has 3 rings (SSSR count). The highest BCUT2D eigenvalue weighted by Crippen LogP contribution is 2.35. The van der Waals surface area contributed by atoms with Gasteiger partial charge in [0.05, 0.1) is 5.39 Å². The van der Waals surface area contributed by atoms with Crippen molar-refractivity contribution in [3.63, 3.8) is 0 Å². The number of anilines is 2. The quantitative estimate of drug-likeness (QED) is 0.920. The predicted octanol–water partition coefficient (Wildman–Crippen LogP) is 3.46. The van der Waals surface area contributed by atoms with Crippen LogP contribution in [0.3, 0.4) is 0 Å². The minimum atomic E-state index is 0.391. The number of nitrogen functional groups attached to an aromatic ring is 1. The molecule has 1 aliphatic rings. The van der Waals surface area contributed by atoms with Gasteiger partial charge in [-0.05, 0) is 38.2 Å². The van der Waals surface area contributed by atoms with Gasteiger partial charge in [-0.3, -0.25) is 0 Å². The van der Waals surface area contributed by atoms with Crippen LogP contribution in [-0.2, 0) is 6.42 Å². The average molecular weight is 290 g/mol. The van der Waals surface area contributed by atoms with E-state index in [-0.39, 0.29) is 0 Å². The molecular weight excluding hydrogens is 268 g/mol. The molecule has 2 atom stereocenters. The molecule has 2 unspecified atom stereocenters. The van der Waals surface area contributed by atoms with Gasteiger partial charge in [-0.15, -0.1) is 11.3 Å². The van der Waals surface area contributed by atoms with Gasteiger partial charge in [-0.1, -0.05) is 13.8 Å². The minimum absolute atomic E-state index is 0.391. The highest BCUT2D eigenvalue weighted by molar-refractivity contribution is 7.18. The Labute approximate surface area is 124 Å². The maximum Gasteiger partial charge on any atom is 0.223 e. The molecule has 0 bridgehead atoms. The highest BCUT2D eigenvalue weighted by Gasteiger charge is 2.26. The smallest absolute Gasteiger partial charge is 0.223 e. The topological polar surface area (TPSA) is 55.0 Å². The largest absolute Gasteiger partial charge is 0.368 e. The molecule has 2 aromatic rings. The molecule has 0 saturated carbocycles.